The van der Waals surface area contributed by atoms with Crippen LogP contribution in [0, 0.1) is 0 Å². The number of carbonyl (C=O) groups is 2. The molecule has 0 heterocycles. The highest BCUT2D eigenvalue weighted by Crippen LogP contribution is 2.14. The highest BCUT2D eigenvalue weighted by molar-refractivity contribution is 7.80. The van der Waals surface area contributed by atoms with Crippen molar-refractivity contribution >= 4 is 22.3 Å². The maximum Gasteiger partial charge on any atom is 0.305 e. The van der Waals surface area contributed by atoms with Gasteiger partial charge in [-0.05, 0) is 12.8 Å². The number of quaternary nitrogens is 1. The van der Waals surface area contributed by atoms with Crippen LogP contribution in [0.25, 0.3) is 0 Å². The number of amides is 1. The Balaban J connectivity index is 0. The van der Waals surface area contributed by atoms with Crippen LogP contribution in [0.1, 0.15) is 181 Å². The van der Waals surface area contributed by atoms with Crippen LogP contribution in [0.5, 0.6) is 0 Å². The van der Waals surface area contributed by atoms with Gasteiger partial charge in [0.15, 0.2) is 0 Å². The molecule has 10 nitrogen and oxygen atoms in total. The molecule has 0 spiro atoms. The first-order chi connectivity index (χ1) is 23.5. The Morgan fingerprint density at radius 1 is 0.633 bits per heavy atom. The molecular formula is C38H78N2O8S. The van der Waals surface area contributed by atoms with E-state index in [4.69, 9.17) is 4.74 Å². The first kappa shape index (κ1) is 49.8. The van der Waals surface area contributed by atoms with Crippen LogP contribution in [-0.2, 0) is 28.9 Å². The number of rotatable bonds is 35. The molecular weight excluding hydrogens is 644 g/mol. The number of ether oxygens (including phenoxy) is 1. The summed E-state index contributed by atoms with van der Waals surface area (Å²) >= 11 is 0. The summed E-state index contributed by atoms with van der Waals surface area (Å²) in [6, 6.07) is 0. The zero-order valence-corrected chi connectivity index (χ0v) is 33.1. The summed E-state index contributed by atoms with van der Waals surface area (Å²) in [5.41, 5.74) is 0. The Morgan fingerprint density at radius 2 is 1.00 bits per heavy atom. The second kappa shape index (κ2) is 36.5. The molecule has 0 radical (unpaired) electrons. The number of esters is 1. The van der Waals surface area contributed by atoms with E-state index in [1.165, 1.54) is 128 Å². The molecule has 0 saturated heterocycles. The van der Waals surface area contributed by atoms with Crippen molar-refractivity contribution in [2.24, 2.45) is 0 Å². The first-order valence-electron chi connectivity index (χ1n) is 19.9. The SMILES string of the molecule is CCCCCCCCCCCCCCC(=O)NCC[N+](C)(CCO)CCOC(=O)CCCCCCCCCCCCCC.COS(=O)(=O)[O-]. The van der Waals surface area contributed by atoms with E-state index in [1.807, 2.05) is 0 Å². The lowest BCUT2D eigenvalue weighted by Crippen LogP contribution is -2.52. The molecule has 294 valence electrons. The Hall–Kier alpha value is -1.27. The largest absolute Gasteiger partial charge is 0.726 e. The van der Waals surface area contributed by atoms with Crippen LogP contribution in [0.3, 0.4) is 0 Å². The smallest absolute Gasteiger partial charge is 0.305 e. The summed E-state index contributed by atoms with van der Waals surface area (Å²) in [6.07, 6.45) is 32.0. The molecule has 0 fully saturated rings. The number of aliphatic hydroxyl groups excluding tert-OH is 1. The van der Waals surface area contributed by atoms with Crippen molar-refractivity contribution in [1.29, 1.82) is 0 Å². The fourth-order valence-electron chi connectivity index (χ4n) is 5.82. The van der Waals surface area contributed by atoms with Gasteiger partial charge in [-0.25, -0.2) is 8.42 Å². The lowest BCUT2D eigenvalue weighted by atomic mass is 10.0. The molecule has 11 heteroatoms. The van der Waals surface area contributed by atoms with E-state index in [2.05, 4.69) is 30.4 Å². The summed E-state index contributed by atoms with van der Waals surface area (Å²) in [6.45, 7) is 7.52. The lowest BCUT2D eigenvalue weighted by Gasteiger charge is -2.33. The van der Waals surface area contributed by atoms with E-state index in [9.17, 15) is 27.7 Å². The number of hydrogen-bond acceptors (Lipinski definition) is 8. The predicted octanol–water partition coefficient (Wildman–Crippen LogP) is 8.36. The fourth-order valence-corrected chi connectivity index (χ4v) is 5.82. The molecule has 0 aromatic carbocycles. The van der Waals surface area contributed by atoms with E-state index < -0.39 is 10.4 Å². The molecule has 2 N–H and O–H groups in total. The van der Waals surface area contributed by atoms with Gasteiger partial charge in [0.2, 0.25) is 16.3 Å². The van der Waals surface area contributed by atoms with Gasteiger partial charge in [0.25, 0.3) is 0 Å². The van der Waals surface area contributed by atoms with Crippen molar-refractivity contribution in [2.75, 3.05) is 53.6 Å². The van der Waals surface area contributed by atoms with Crippen LogP contribution < -0.4 is 5.32 Å². The molecule has 0 rings (SSSR count). The van der Waals surface area contributed by atoms with Gasteiger partial charge >= 0.3 is 5.97 Å². The molecule has 0 aliphatic carbocycles. The van der Waals surface area contributed by atoms with Crippen LogP contribution in [0.15, 0.2) is 0 Å². The first-order valence-corrected chi connectivity index (χ1v) is 21.2. The minimum atomic E-state index is -4.41. The molecule has 1 amide bonds. The number of carbonyl (C=O) groups excluding carboxylic acids is 2. The van der Waals surface area contributed by atoms with Crippen molar-refractivity contribution in [3.63, 3.8) is 0 Å². The second-order valence-electron chi connectivity index (χ2n) is 13.9. The summed E-state index contributed by atoms with van der Waals surface area (Å²) in [5, 5.41) is 12.6. The monoisotopic (exact) mass is 723 g/mol. The van der Waals surface area contributed by atoms with E-state index in [0.29, 0.717) is 43.6 Å². The van der Waals surface area contributed by atoms with Gasteiger partial charge in [-0.2, -0.15) is 0 Å². The molecule has 0 bridgehead atoms. The van der Waals surface area contributed by atoms with Gasteiger partial charge in [0.1, 0.15) is 19.7 Å². The normalized spacial score (nSPS) is 12.6. The Labute approximate surface area is 302 Å². The zero-order chi connectivity index (χ0) is 36.9. The minimum absolute atomic E-state index is 0.0795. The molecule has 1 atom stereocenters. The average molecular weight is 723 g/mol. The third kappa shape index (κ3) is 41.0. The van der Waals surface area contributed by atoms with Gasteiger partial charge in [0, 0.05) is 12.8 Å². The highest BCUT2D eigenvalue weighted by atomic mass is 32.3. The van der Waals surface area contributed by atoms with Gasteiger partial charge in [0.05, 0.1) is 33.9 Å². The Bertz CT molecular complexity index is 796. The third-order valence-corrected chi connectivity index (χ3v) is 9.61. The average Bonchev–Trinajstić information content (AvgIpc) is 3.06. The van der Waals surface area contributed by atoms with Crippen LogP contribution in [0.2, 0.25) is 0 Å². The summed E-state index contributed by atoms with van der Waals surface area (Å²) < 4.78 is 37.1. The summed E-state index contributed by atoms with van der Waals surface area (Å²) in [4.78, 5) is 24.5. The van der Waals surface area contributed by atoms with Crippen molar-refractivity contribution in [2.45, 2.75) is 181 Å². The number of unbranched alkanes of at least 4 members (excludes halogenated alkanes) is 22. The number of aliphatic hydroxyl groups is 1. The standard InChI is InChI=1S/C37H74N2O4.CH4O4S/c1-4-6-8-10-12-14-16-18-20-22-24-26-28-36(41)38-30-31-39(3,32-34-40)33-35-43-37(42)29-27-25-23-21-19-17-15-13-11-9-7-5-2;1-5-6(2,3)4/h40H,4-35H2,1-3H3;1H3,(H,2,3,4). The van der Waals surface area contributed by atoms with Gasteiger partial charge in [-0.3, -0.25) is 13.8 Å². The highest BCUT2D eigenvalue weighted by Gasteiger charge is 2.21. The van der Waals surface area contributed by atoms with Gasteiger partial charge in [-0.15, -0.1) is 0 Å². The Kier molecular flexibility index (Phi) is 37.1. The maximum absolute atomic E-state index is 12.3. The minimum Gasteiger partial charge on any atom is -0.726 e. The zero-order valence-electron chi connectivity index (χ0n) is 32.3. The molecule has 0 aromatic heterocycles. The second-order valence-corrected chi connectivity index (χ2v) is 15.1. The molecule has 0 aliphatic heterocycles. The van der Waals surface area contributed by atoms with Crippen molar-refractivity contribution < 1.29 is 41.1 Å². The lowest BCUT2D eigenvalue weighted by molar-refractivity contribution is -0.908. The van der Waals surface area contributed by atoms with Crippen LogP contribution >= 0.6 is 0 Å². The molecule has 1 unspecified atom stereocenters. The van der Waals surface area contributed by atoms with E-state index >= 15 is 0 Å². The quantitative estimate of drug-likeness (QED) is 0.0219. The maximum atomic E-state index is 12.3. The molecule has 0 saturated carbocycles. The Morgan fingerprint density at radius 3 is 1.37 bits per heavy atom. The van der Waals surface area contributed by atoms with Crippen molar-refractivity contribution in [3.8, 4) is 0 Å². The third-order valence-electron chi connectivity index (χ3n) is 9.20. The number of likely N-dealkylation sites (N-methyl/N-ethyl adjacent to an activating group) is 1. The van der Waals surface area contributed by atoms with Crippen LogP contribution in [-0.4, -0.2) is 88.0 Å². The fraction of sp³-hybridized carbons (Fsp3) is 0.947. The summed E-state index contributed by atoms with van der Waals surface area (Å²) in [5.74, 6) is 0.00908. The molecule has 0 aromatic rings. The van der Waals surface area contributed by atoms with E-state index in [-0.39, 0.29) is 18.5 Å². The molecule has 49 heavy (non-hydrogen) atoms. The van der Waals surface area contributed by atoms with E-state index in [1.54, 1.807) is 0 Å². The van der Waals surface area contributed by atoms with Crippen LogP contribution in [0.4, 0.5) is 0 Å². The van der Waals surface area contributed by atoms with Crippen molar-refractivity contribution in [3.05, 3.63) is 0 Å². The van der Waals surface area contributed by atoms with E-state index in [0.717, 1.165) is 39.3 Å². The number of nitrogens with zero attached hydrogens (tertiary/aromatic N) is 1. The van der Waals surface area contributed by atoms with Gasteiger partial charge in [-0.1, -0.05) is 155 Å². The topological polar surface area (TPSA) is 142 Å². The number of hydrogen-bond donors (Lipinski definition) is 2. The summed E-state index contributed by atoms with van der Waals surface area (Å²) in [7, 11) is -1.54. The molecule has 0 aliphatic rings. The number of nitrogens with one attached hydrogen (secondary N) is 1. The van der Waals surface area contributed by atoms with Crippen molar-refractivity contribution in [1.82, 2.24) is 5.32 Å². The van der Waals surface area contributed by atoms with Gasteiger partial charge < -0.3 is 24.2 Å². The predicted molar refractivity (Wildman–Crippen MR) is 200 cm³/mol.